The first kappa shape index (κ1) is 20.6. The zero-order chi connectivity index (χ0) is 22.5. The quantitative estimate of drug-likeness (QED) is 0.340. The first-order valence-corrected chi connectivity index (χ1v) is 11.0. The van der Waals surface area contributed by atoms with Crippen molar-refractivity contribution in [2.24, 2.45) is 0 Å². The van der Waals surface area contributed by atoms with E-state index in [1.54, 1.807) is 24.4 Å². The van der Waals surface area contributed by atoms with Crippen molar-refractivity contribution in [2.45, 2.75) is 25.3 Å². The molecule has 0 unspecified atom stereocenters. The molecule has 7 nitrogen and oxygen atoms in total. The molecular formula is C26H24N6O. The highest BCUT2D eigenvalue weighted by Gasteiger charge is 2.22. The largest absolute Gasteiger partial charge is 0.361 e. The summed E-state index contributed by atoms with van der Waals surface area (Å²) >= 11 is 0. The van der Waals surface area contributed by atoms with Crippen molar-refractivity contribution in [1.82, 2.24) is 30.5 Å². The molecule has 0 radical (unpaired) electrons. The molecule has 164 valence electrons. The average molecular weight is 437 g/mol. The van der Waals surface area contributed by atoms with Gasteiger partial charge in [0.15, 0.2) is 5.82 Å². The minimum atomic E-state index is -0.402. The van der Waals surface area contributed by atoms with Crippen molar-refractivity contribution in [1.29, 1.82) is 0 Å². The van der Waals surface area contributed by atoms with Crippen LogP contribution in [0.5, 0.6) is 0 Å². The van der Waals surface area contributed by atoms with E-state index in [2.05, 4.69) is 43.7 Å². The number of benzene rings is 2. The van der Waals surface area contributed by atoms with Crippen molar-refractivity contribution in [3.63, 3.8) is 0 Å². The second-order valence-corrected chi connectivity index (χ2v) is 7.93. The van der Waals surface area contributed by atoms with Crippen molar-refractivity contribution in [2.75, 3.05) is 0 Å². The van der Waals surface area contributed by atoms with Crippen LogP contribution in [0.4, 0.5) is 0 Å². The van der Waals surface area contributed by atoms with Crippen LogP contribution in [0.25, 0.3) is 10.9 Å². The highest BCUT2D eigenvalue weighted by molar-refractivity contribution is 5.92. The number of nitrogens with one attached hydrogen (secondary N) is 3. The molecule has 3 N–H and O–H groups in total. The van der Waals surface area contributed by atoms with E-state index in [1.165, 1.54) is 5.56 Å². The monoisotopic (exact) mass is 436 g/mol. The van der Waals surface area contributed by atoms with Crippen LogP contribution in [0.3, 0.4) is 0 Å². The summed E-state index contributed by atoms with van der Waals surface area (Å²) in [6, 6.07) is 23.3. The number of para-hydroxylation sites is 1. The number of hydrogen-bond acceptors (Lipinski definition) is 4. The number of amides is 1. The van der Waals surface area contributed by atoms with Gasteiger partial charge in [-0.15, -0.1) is 0 Å². The molecule has 1 atom stereocenters. The highest BCUT2D eigenvalue weighted by atomic mass is 16.1. The van der Waals surface area contributed by atoms with Gasteiger partial charge in [-0.1, -0.05) is 54.6 Å². The van der Waals surface area contributed by atoms with Gasteiger partial charge in [-0.05, 0) is 35.7 Å². The molecule has 33 heavy (non-hydrogen) atoms. The van der Waals surface area contributed by atoms with Crippen LogP contribution in [0.1, 0.15) is 39.3 Å². The van der Waals surface area contributed by atoms with Crippen molar-refractivity contribution in [3.8, 4) is 0 Å². The van der Waals surface area contributed by atoms with Gasteiger partial charge in [0.1, 0.15) is 11.5 Å². The lowest BCUT2D eigenvalue weighted by atomic mass is 10.0. The molecule has 0 saturated carbocycles. The van der Waals surface area contributed by atoms with E-state index >= 15 is 0 Å². The Hall–Kier alpha value is -4.26. The number of rotatable bonds is 8. The smallest absolute Gasteiger partial charge is 0.270 e. The van der Waals surface area contributed by atoms with Crippen LogP contribution in [0.2, 0.25) is 0 Å². The first-order chi connectivity index (χ1) is 16.3. The second-order valence-electron chi connectivity index (χ2n) is 7.93. The first-order valence-electron chi connectivity index (χ1n) is 11.0. The van der Waals surface area contributed by atoms with Gasteiger partial charge in [-0.3, -0.25) is 14.9 Å². The molecule has 7 heteroatoms. The Labute approximate surface area is 191 Å². The molecule has 0 aliphatic carbocycles. The third kappa shape index (κ3) is 4.82. The van der Waals surface area contributed by atoms with Gasteiger partial charge in [-0.2, -0.15) is 5.10 Å². The van der Waals surface area contributed by atoms with E-state index < -0.39 is 6.04 Å². The Bertz CT molecular complexity index is 1340. The number of fused-ring (bicyclic) bond motifs is 1. The molecule has 3 heterocycles. The molecule has 5 rings (SSSR count). The summed E-state index contributed by atoms with van der Waals surface area (Å²) in [5.41, 5.74) is 3.75. The Morgan fingerprint density at radius 2 is 1.76 bits per heavy atom. The molecule has 0 saturated heterocycles. The van der Waals surface area contributed by atoms with Crippen molar-refractivity contribution in [3.05, 3.63) is 114 Å². The number of carbonyl (C=O) groups is 1. The molecule has 2 aromatic carbocycles. The minimum absolute atomic E-state index is 0.254. The molecule has 0 aliphatic heterocycles. The maximum absolute atomic E-state index is 12.9. The highest BCUT2D eigenvalue weighted by Crippen LogP contribution is 2.23. The summed E-state index contributed by atoms with van der Waals surface area (Å²) < 4.78 is 0. The van der Waals surface area contributed by atoms with E-state index in [9.17, 15) is 4.79 Å². The molecule has 3 aromatic heterocycles. The molecular weight excluding hydrogens is 412 g/mol. The zero-order valence-corrected chi connectivity index (χ0v) is 18.0. The topological polar surface area (TPSA) is 99.3 Å². The van der Waals surface area contributed by atoms with Crippen LogP contribution < -0.4 is 5.32 Å². The number of hydrogen-bond donors (Lipinski definition) is 3. The van der Waals surface area contributed by atoms with Gasteiger partial charge in [0.05, 0.1) is 6.04 Å². The summed E-state index contributed by atoms with van der Waals surface area (Å²) in [7, 11) is 0. The van der Waals surface area contributed by atoms with E-state index in [-0.39, 0.29) is 5.91 Å². The fourth-order valence-electron chi connectivity index (χ4n) is 3.94. The number of H-pyrrole nitrogens is 2. The molecule has 0 bridgehead atoms. The third-order valence-corrected chi connectivity index (χ3v) is 5.66. The van der Waals surface area contributed by atoms with Gasteiger partial charge < -0.3 is 10.3 Å². The van der Waals surface area contributed by atoms with Crippen LogP contribution in [-0.4, -0.2) is 31.1 Å². The van der Waals surface area contributed by atoms with Crippen LogP contribution in [-0.2, 0) is 19.3 Å². The standard InChI is InChI=1S/C26H24N6O/c33-26(22-12-6-7-15-27-22)29-23(16-19-17-28-21-11-5-4-10-20(19)21)25-30-24(31-32-25)14-13-18-8-2-1-3-9-18/h1-12,15,17,23,28H,13-14,16H2,(H,29,33)(H,30,31,32)/t23-/m1/s1. The number of aryl methyl sites for hydroxylation is 2. The third-order valence-electron chi connectivity index (χ3n) is 5.66. The van der Waals surface area contributed by atoms with Crippen LogP contribution >= 0.6 is 0 Å². The SMILES string of the molecule is O=C(N[C@H](Cc1c[nH]c2ccccc12)c1n[nH]c(CCc2ccccc2)n1)c1ccccn1. The van der Waals surface area contributed by atoms with E-state index in [1.807, 2.05) is 42.6 Å². The van der Waals surface area contributed by atoms with E-state index in [0.717, 1.165) is 35.1 Å². The number of carbonyl (C=O) groups excluding carboxylic acids is 1. The molecule has 0 spiro atoms. The van der Waals surface area contributed by atoms with Crippen molar-refractivity contribution < 1.29 is 4.79 Å². The van der Waals surface area contributed by atoms with Gasteiger partial charge in [0, 0.05) is 36.1 Å². The lowest BCUT2D eigenvalue weighted by Crippen LogP contribution is -2.31. The van der Waals surface area contributed by atoms with Gasteiger partial charge in [0.25, 0.3) is 5.91 Å². The number of pyridine rings is 1. The summed E-state index contributed by atoms with van der Waals surface area (Å²) in [5.74, 6) is 1.11. The van der Waals surface area contributed by atoms with Crippen LogP contribution in [0, 0.1) is 0 Å². The average Bonchev–Trinajstić information content (AvgIpc) is 3.51. The maximum atomic E-state index is 12.9. The number of nitrogens with zero attached hydrogens (tertiary/aromatic N) is 3. The maximum Gasteiger partial charge on any atom is 0.270 e. The van der Waals surface area contributed by atoms with Gasteiger partial charge in [0.2, 0.25) is 0 Å². The van der Waals surface area contributed by atoms with Gasteiger partial charge in [-0.25, -0.2) is 4.98 Å². The lowest BCUT2D eigenvalue weighted by Gasteiger charge is -2.15. The lowest BCUT2D eigenvalue weighted by molar-refractivity contribution is 0.0929. The fraction of sp³-hybridized carbons (Fsp3) is 0.154. The normalized spacial score (nSPS) is 12.0. The summed E-state index contributed by atoms with van der Waals surface area (Å²) in [5, 5.41) is 11.7. The van der Waals surface area contributed by atoms with E-state index in [0.29, 0.717) is 17.9 Å². The second kappa shape index (κ2) is 9.48. The van der Waals surface area contributed by atoms with Gasteiger partial charge >= 0.3 is 0 Å². The summed E-state index contributed by atoms with van der Waals surface area (Å²) in [6.07, 6.45) is 5.75. The van der Waals surface area contributed by atoms with E-state index in [4.69, 9.17) is 4.98 Å². The predicted octanol–water partition coefficient (Wildman–Crippen LogP) is 4.18. The van der Waals surface area contributed by atoms with Crippen LogP contribution in [0.15, 0.2) is 85.2 Å². The Balaban J connectivity index is 1.38. The molecule has 5 aromatic rings. The zero-order valence-electron chi connectivity index (χ0n) is 18.0. The Kier molecular flexibility index (Phi) is 5.93. The fourth-order valence-corrected chi connectivity index (χ4v) is 3.94. The molecule has 1 amide bonds. The number of aromatic nitrogens is 5. The minimum Gasteiger partial charge on any atom is -0.361 e. The molecule has 0 fully saturated rings. The predicted molar refractivity (Wildman–Crippen MR) is 127 cm³/mol. The Morgan fingerprint density at radius 1 is 0.939 bits per heavy atom. The van der Waals surface area contributed by atoms with Crippen molar-refractivity contribution >= 4 is 16.8 Å². The Morgan fingerprint density at radius 3 is 2.61 bits per heavy atom. The summed E-state index contributed by atoms with van der Waals surface area (Å²) in [4.78, 5) is 25.1. The molecule has 0 aliphatic rings. The number of aromatic amines is 2. The summed E-state index contributed by atoms with van der Waals surface area (Å²) in [6.45, 7) is 0.